The number of benzene rings is 1. The van der Waals surface area contributed by atoms with E-state index in [2.05, 4.69) is 15.3 Å². The minimum Gasteiger partial charge on any atom is -0.369 e. The van der Waals surface area contributed by atoms with Crippen molar-refractivity contribution in [2.45, 2.75) is 26.2 Å². The maximum absolute atomic E-state index is 13.1. The number of aromatic nitrogens is 2. The van der Waals surface area contributed by atoms with Crippen molar-refractivity contribution in [2.24, 2.45) is 0 Å². The van der Waals surface area contributed by atoms with Crippen molar-refractivity contribution in [3.05, 3.63) is 52.7 Å². The molecule has 1 aromatic heterocycles. The van der Waals surface area contributed by atoms with Crippen LogP contribution in [0.1, 0.15) is 30.9 Å². The Morgan fingerprint density at radius 2 is 2.10 bits per heavy atom. The average Bonchev–Trinajstić information content (AvgIpc) is 2.38. The Kier molecular flexibility index (Phi) is 4.90. The lowest BCUT2D eigenvalue weighted by atomic mass is 10.1. The zero-order valence-electron chi connectivity index (χ0n) is 11.5. The SMILES string of the molecule is CC(C)c1c(Cl)ncnc1NCCc1cccc(F)c1. The van der Waals surface area contributed by atoms with Gasteiger partial charge in [-0.15, -0.1) is 0 Å². The van der Waals surface area contributed by atoms with E-state index in [1.807, 2.05) is 19.9 Å². The predicted molar refractivity (Wildman–Crippen MR) is 79.7 cm³/mol. The summed E-state index contributed by atoms with van der Waals surface area (Å²) in [4.78, 5) is 8.23. The molecule has 2 aromatic rings. The molecule has 0 aliphatic heterocycles. The second-order valence-corrected chi connectivity index (χ2v) is 5.25. The lowest BCUT2D eigenvalue weighted by molar-refractivity contribution is 0.625. The fraction of sp³-hybridized carbons (Fsp3) is 0.333. The van der Waals surface area contributed by atoms with E-state index in [0.29, 0.717) is 11.7 Å². The smallest absolute Gasteiger partial charge is 0.138 e. The average molecular weight is 294 g/mol. The van der Waals surface area contributed by atoms with Gasteiger partial charge in [-0.2, -0.15) is 0 Å². The van der Waals surface area contributed by atoms with Crippen LogP contribution in [0.15, 0.2) is 30.6 Å². The standard InChI is InChI=1S/C15H17ClFN3/c1-10(2)13-14(16)19-9-20-15(13)18-7-6-11-4-3-5-12(17)8-11/h3-5,8-10H,6-7H2,1-2H3,(H,18,19,20). The van der Waals surface area contributed by atoms with Crippen LogP contribution in [-0.4, -0.2) is 16.5 Å². The number of hydrogen-bond donors (Lipinski definition) is 1. The first kappa shape index (κ1) is 14.7. The van der Waals surface area contributed by atoms with Crippen LogP contribution in [0, 0.1) is 5.82 Å². The summed E-state index contributed by atoms with van der Waals surface area (Å²) in [5.74, 6) is 0.771. The molecule has 0 radical (unpaired) electrons. The van der Waals surface area contributed by atoms with Gasteiger partial charge in [0.2, 0.25) is 0 Å². The van der Waals surface area contributed by atoms with Crippen LogP contribution in [-0.2, 0) is 6.42 Å². The molecule has 1 N–H and O–H groups in total. The summed E-state index contributed by atoms with van der Waals surface area (Å²) >= 11 is 6.10. The number of nitrogens with zero attached hydrogens (tertiary/aromatic N) is 2. The maximum atomic E-state index is 13.1. The molecule has 0 fully saturated rings. The van der Waals surface area contributed by atoms with Gasteiger partial charge < -0.3 is 5.32 Å². The highest BCUT2D eigenvalue weighted by Crippen LogP contribution is 2.27. The van der Waals surface area contributed by atoms with E-state index in [1.54, 1.807) is 6.07 Å². The molecular formula is C15H17ClFN3. The third kappa shape index (κ3) is 3.67. The summed E-state index contributed by atoms with van der Waals surface area (Å²) in [6.07, 6.45) is 2.16. The molecule has 1 heterocycles. The third-order valence-corrected chi connectivity index (χ3v) is 3.31. The number of hydrogen-bond acceptors (Lipinski definition) is 3. The van der Waals surface area contributed by atoms with Gasteiger partial charge in [-0.25, -0.2) is 14.4 Å². The topological polar surface area (TPSA) is 37.8 Å². The molecule has 5 heteroatoms. The van der Waals surface area contributed by atoms with Crippen LogP contribution in [0.4, 0.5) is 10.2 Å². The Bertz CT molecular complexity index is 587. The Morgan fingerprint density at radius 1 is 1.30 bits per heavy atom. The molecule has 0 aliphatic carbocycles. The van der Waals surface area contributed by atoms with Crippen LogP contribution in [0.25, 0.3) is 0 Å². The fourth-order valence-corrected chi connectivity index (χ4v) is 2.40. The van der Waals surface area contributed by atoms with Gasteiger partial charge >= 0.3 is 0 Å². The van der Waals surface area contributed by atoms with E-state index < -0.39 is 0 Å². The molecule has 0 aliphatic rings. The van der Waals surface area contributed by atoms with Gasteiger partial charge in [-0.3, -0.25) is 0 Å². The summed E-state index contributed by atoms with van der Waals surface area (Å²) in [6.45, 7) is 4.75. The molecule has 0 unspecified atom stereocenters. The van der Waals surface area contributed by atoms with Gasteiger partial charge in [0, 0.05) is 12.1 Å². The first-order chi connectivity index (χ1) is 9.58. The molecule has 3 nitrogen and oxygen atoms in total. The van der Waals surface area contributed by atoms with Crippen molar-refractivity contribution >= 4 is 17.4 Å². The lowest BCUT2D eigenvalue weighted by Gasteiger charge is -2.14. The zero-order valence-corrected chi connectivity index (χ0v) is 12.3. The molecule has 0 amide bonds. The number of nitrogens with one attached hydrogen (secondary N) is 1. The third-order valence-electron chi connectivity index (χ3n) is 3.01. The largest absolute Gasteiger partial charge is 0.369 e. The number of anilines is 1. The van der Waals surface area contributed by atoms with E-state index in [0.717, 1.165) is 23.4 Å². The highest BCUT2D eigenvalue weighted by molar-refractivity contribution is 6.30. The second kappa shape index (κ2) is 6.66. The van der Waals surface area contributed by atoms with Gasteiger partial charge in [-0.1, -0.05) is 37.6 Å². The highest BCUT2D eigenvalue weighted by Gasteiger charge is 2.12. The Balaban J connectivity index is 2.03. The van der Waals surface area contributed by atoms with E-state index >= 15 is 0 Å². The quantitative estimate of drug-likeness (QED) is 0.845. The maximum Gasteiger partial charge on any atom is 0.138 e. The zero-order chi connectivity index (χ0) is 14.5. The van der Waals surface area contributed by atoms with Crippen molar-refractivity contribution in [2.75, 3.05) is 11.9 Å². The first-order valence-electron chi connectivity index (χ1n) is 6.56. The summed E-state index contributed by atoms with van der Waals surface area (Å²) in [5.41, 5.74) is 1.86. The van der Waals surface area contributed by atoms with Crippen LogP contribution in [0.3, 0.4) is 0 Å². The van der Waals surface area contributed by atoms with Crippen molar-refractivity contribution in [3.8, 4) is 0 Å². The number of halogens is 2. The molecule has 0 saturated heterocycles. The molecule has 0 spiro atoms. The lowest BCUT2D eigenvalue weighted by Crippen LogP contribution is -2.10. The summed E-state index contributed by atoms with van der Waals surface area (Å²) in [5, 5.41) is 3.72. The van der Waals surface area contributed by atoms with Crippen LogP contribution >= 0.6 is 11.6 Å². The van der Waals surface area contributed by atoms with Crippen molar-refractivity contribution in [1.82, 2.24) is 9.97 Å². The molecule has 0 atom stereocenters. The second-order valence-electron chi connectivity index (χ2n) is 4.89. The van der Waals surface area contributed by atoms with Crippen LogP contribution < -0.4 is 5.32 Å². The van der Waals surface area contributed by atoms with Gasteiger partial charge in [0.05, 0.1) is 0 Å². The summed E-state index contributed by atoms with van der Waals surface area (Å²) < 4.78 is 13.1. The van der Waals surface area contributed by atoms with Crippen LogP contribution in [0.2, 0.25) is 5.15 Å². The molecular weight excluding hydrogens is 277 g/mol. The molecule has 0 bridgehead atoms. The predicted octanol–water partition coefficient (Wildman–Crippen LogP) is 4.05. The van der Waals surface area contributed by atoms with Crippen molar-refractivity contribution < 1.29 is 4.39 Å². The normalized spacial score (nSPS) is 10.8. The highest BCUT2D eigenvalue weighted by atomic mass is 35.5. The van der Waals surface area contributed by atoms with Gasteiger partial charge in [0.25, 0.3) is 0 Å². The minimum atomic E-state index is -0.213. The summed E-state index contributed by atoms with van der Waals surface area (Å²) in [7, 11) is 0. The Labute approximate surface area is 123 Å². The van der Waals surface area contributed by atoms with Gasteiger partial charge in [0.1, 0.15) is 23.1 Å². The van der Waals surface area contributed by atoms with Crippen molar-refractivity contribution in [1.29, 1.82) is 0 Å². The minimum absolute atomic E-state index is 0.213. The molecule has 0 saturated carbocycles. The first-order valence-corrected chi connectivity index (χ1v) is 6.94. The Hall–Kier alpha value is -1.68. The molecule has 2 rings (SSSR count). The van der Waals surface area contributed by atoms with E-state index in [1.165, 1.54) is 18.5 Å². The molecule has 1 aromatic carbocycles. The number of rotatable bonds is 5. The molecule has 106 valence electrons. The van der Waals surface area contributed by atoms with Gasteiger partial charge in [-0.05, 0) is 30.0 Å². The molecule has 20 heavy (non-hydrogen) atoms. The van der Waals surface area contributed by atoms with Crippen molar-refractivity contribution in [3.63, 3.8) is 0 Å². The van der Waals surface area contributed by atoms with Crippen LogP contribution in [0.5, 0.6) is 0 Å². The summed E-state index contributed by atoms with van der Waals surface area (Å²) in [6, 6.07) is 6.60. The van der Waals surface area contributed by atoms with Gasteiger partial charge in [0.15, 0.2) is 0 Å². The van der Waals surface area contributed by atoms with E-state index in [-0.39, 0.29) is 11.7 Å². The van der Waals surface area contributed by atoms with E-state index in [4.69, 9.17) is 11.6 Å². The Morgan fingerprint density at radius 3 is 2.80 bits per heavy atom. The monoisotopic (exact) mass is 293 g/mol. The fourth-order valence-electron chi connectivity index (χ4n) is 2.04. The van der Waals surface area contributed by atoms with E-state index in [9.17, 15) is 4.39 Å².